The Morgan fingerprint density at radius 3 is 1.50 bits per heavy atom. The number of aliphatic hydroxyl groups is 2. The zero-order valence-corrected chi connectivity index (χ0v) is 31.1. The fraction of sp³-hybridized carbons (Fsp3) is 0.444. The third-order valence-electron chi connectivity index (χ3n) is 8.58. The predicted octanol–water partition coefficient (Wildman–Crippen LogP) is 4.79. The van der Waals surface area contributed by atoms with Crippen LogP contribution in [0.1, 0.15) is 47.4 Å². The normalized spacial score (nSPS) is 17.8. The number of nitrogens with zero attached hydrogens (tertiary/aromatic N) is 6. The number of hydrogen-bond donors (Lipinski definition) is 6. The number of halogens is 2. The lowest BCUT2D eigenvalue weighted by Gasteiger charge is -2.31. The van der Waals surface area contributed by atoms with Crippen LogP contribution in [-0.4, -0.2) is 96.0 Å². The van der Waals surface area contributed by atoms with Crippen molar-refractivity contribution in [3.8, 4) is 0 Å². The standard InChI is InChI=1S/2C18H24ClN5O2/c2*1-12-9-17(23-18(20)22-12)24-6-2-8-26-11-16(24)14-10-13(21-5-7-25)3-4-15(14)19/h2*3-4,9-10,16,21,25H,2,5-8,11H2,1H3,(H2,20,22,23)/t2*16-/m10/s1. The monoisotopic (exact) mass is 754 g/mol. The van der Waals surface area contributed by atoms with Crippen molar-refractivity contribution in [2.45, 2.75) is 38.8 Å². The number of aryl methyl sites for hydroxylation is 2. The maximum Gasteiger partial charge on any atom is 0.222 e. The van der Waals surface area contributed by atoms with Gasteiger partial charge in [0.2, 0.25) is 11.9 Å². The highest BCUT2D eigenvalue weighted by Gasteiger charge is 2.28. The topological polar surface area (TPSA) is 193 Å². The molecule has 6 rings (SSSR count). The van der Waals surface area contributed by atoms with E-state index < -0.39 is 0 Å². The molecule has 280 valence electrons. The van der Waals surface area contributed by atoms with Gasteiger partial charge in [0.15, 0.2) is 0 Å². The van der Waals surface area contributed by atoms with Gasteiger partial charge in [0, 0.05) is 84.3 Å². The molecule has 0 aliphatic carbocycles. The molecule has 0 bridgehead atoms. The molecular weight excluding hydrogens is 707 g/mol. The Bertz CT molecular complexity index is 1600. The van der Waals surface area contributed by atoms with Gasteiger partial charge < -0.3 is 51.6 Å². The molecule has 4 heterocycles. The minimum absolute atomic E-state index is 0.0656. The molecule has 0 unspecified atom stereocenters. The van der Waals surface area contributed by atoms with Gasteiger partial charge in [0.05, 0.1) is 38.5 Å². The van der Waals surface area contributed by atoms with E-state index in [9.17, 15) is 0 Å². The van der Waals surface area contributed by atoms with Crippen molar-refractivity contribution in [2.24, 2.45) is 0 Å². The van der Waals surface area contributed by atoms with Crippen molar-refractivity contribution in [3.63, 3.8) is 0 Å². The van der Waals surface area contributed by atoms with Crippen LogP contribution in [0.25, 0.3) is 0 Å². The van der Waals surface area contributed by atoms with Gasteiger partial charge in [-0.25, -0.2) is 9.97 Å². The lowest BCUT2D eigenvalue weighted by atomic mass is 10.0. The first-order valence-corrected chi connectivity index (χ1v) is 18.1. The van der Waals surface area contributed by atoms with E-state index in [2.05, 4.69) is 40.4 Å². The molecule has 8 N–H and O–H groups in total. The summed E-state index contributed by atoms with van der Waals surface area (Å²) in [7, 11) is 0. The third kappa shape index (κ3) is 10.5. The molecule has 2 fully saturated rings. The average Bonchev–Trinajstić information content (AvgIpc) is 3.52. The molecule has 0 saturated carbocycles. The summed E-state index contributed by atoms with van der Waals surface area (Å²) < 4.78 is 11.6. The third-order valence-corrected chi connectivity index (χ3v) is 9.26. The fourth-order valence-electron chi connectivity index (χ4n) is 6.28. The summed E-state index contributed by atoms with van der Waals surface area (Å²) in [6.45, 7) is 8.84. The van der Waals surface area contributed by atoms with Gasteiger partial charge in [-0.15, -0.1) is 0 Å². The van der Waals surface area contributed by atoms with Gasteiger partial charge in [-0.2, -0.15) is 9.97 Å². The number of benzene rings is 2. The van der Waals surface area contributed by atoms with E-state index in [1.165, 1.54) is 0 Å². The van der Waals surface area contributed by atoms with Crippen molar-refractivity contribution >= 4 is 58.1 Å². The molecule has 2 aromatic heterocycles. The second kappa shape index (κ2) is 19.1. The zero-order valence-electron chi connectivity index (χ0n) is 29.6. The number of nitrogens with one attached hydrogen (secondary N) is 2. The minimum Gasteiger partial charge on any atom is -0.395 e. The highest BCUT2D eigenvalue weighted by atomic mass is 35.5. The van der Waals surface area contributed by atoms with E-state index in [4.69, 9.17) is 54.4 Å². The molecule has 0 spiro atoms. The number of nitrogen functional groups attached to an aromatic ring is 2. The van der Waals surface area contributed by atoms with Crippen LogP contribution in [0.3, 0.4) is 0 Å². The van der Waals surface area contributed by atoms with Crippen molar-refractivity contribution in [1.29, 1.82) is 0 Å². The summed E-state index contributed by atoms with van der Waals surface area (Å²) in [6, 6.07) is 15.2. The second-order valence-corrected chi connectivity index (χ2v) is 13.3. The minimum atomic E-state index is -0.0884. The van der Waals surface area contributed by atoms with Crippen molar-refractivity contribution in [2.75, 3.05) is 97.7 Å². The molecule has 2 aromatic carbocycles. The molecule has 2 atom stereocenters. The molecule has 2 saturated heterocycles. The number of ether oxygens (including phenoxy) is 2. The van der Waals surface area contributed by atoms with Crippen LogP contribution in [0.4, 0.5) is 34.9 Å². The smallest absolute Gasteiger partial charge is 0.222 e. The molecular formula is C36H48Cl2N10O4. The van der Waals surface area contributed by atoms with Gasteiger partial charge in [-0.1, -0.05) is 23.2 Å². The average molecular weight is 756 g/mol. The second-order valence-electron chi connectivity index (χ2n) is 12.5. The Morgan fingerprint density at radius 1 is 0.692 bits per heavy atom. The molecule has 0 amide bonds. The van der Waals surface area contributed by atoms with Gasteiger partial charge in [-0.05, 0) is 74.2 Å². The largest absolute Gasteiger partial charge is 0.395 e. The van der Waals surface area contributed by atoms with Gasteiger partial charge in [-0.3, -0.25) is 0 Å². The van der Waals surface area contributed by atoms with Crippen LogP contribution in [-0.2, 0) is 9.47 Å². The molecule has 2 aliphatic heterocycles. The van der Waals surface area contributed by atoms with Crippen molar-refractivity contribution < 1.29 is 19.7 Å². The quantitative estimate of drug-likeness (QED) is 0.130. The summed E-state index contributed by atoms with van der Waals surface area (Å²) >= 11 is 13.0. The van der Waals surface area contributed by atoms with E-state index in [0.29, 0.717) is 49.6 Å². The highest BCUT2D eigenvalue weighted by molar-refractivity contribution is 6.31. The number of hydrogen-bond acceptors (Lipinski definition) is 14. The van der Waals surface area contributed by atoms with E-state index >= 15 is 0 Å². The summed E-state index contributed by atoms with van der Waals surface area (Å²) in [5, 5.41) is 25.8. The molecule has 16 heteroatoms. The van der Waals surface area contributed by atoms with E-state index in [-0.39, 0.29) is 37.2 Å². The predicted molar refractivity (Wildman–Crippen MR) is 207 cm³/mol. The van der Waals surface area contributed by atoms with E-state index in [1.807, 2.05) is 62.4 Å². The van der Waals surface area contributed by atoms with Gasteiger partial charge in [0.25, 0.3) is 0 Å². The molecule has 52 heavy (non-hydrogen) atoms. The SMILES string of the molecule is Cc1cc(N2CCCOC[C@@H]2c2cc(NCCO)ccc2Cl)nc(N)n1.Cc1cc(N2CCCOC[C@H]2c2cc(NCCO)ccc2Cl)nc(N)n1. The Balaban J connectivity index is 0.000000201. The maximum atomic E-state index is 9.04. The number of aromatic nitrogens is 4. The summed E-state index contributed by atoms with van der Waals surface area (Å²) in [6.07, 6.45) is 1.78. The maximum absolute atomic E-state index is 9.04. The number of rotatable bonds is 10. The van der Waals surface area contributed by atoms with Gasteiger partial charge >= 0.3 is 0 Å². The lowest BCUT2D eigenvalue weighted by molar-refractivity contribution is 0.134. The van der Waals surface area contributed by atoms with Crippen LogP contribution in [0.2, 0.25) is 10.0 Å². The molecule has 4 aromatic rings. The lowest BCUT2D eigenvalue weighted by Crippen LogP contribution is -2.32. The van der Waals surface area contributed by atoms with Crippen molar-refractivity contribution in [1.82, 2.24) is 19.9 Å². The van der Waals surface area contributed by atoms with Crippen LogP contribution in [0, 0.1) is 13.8 Å². The number of anilines is 6. The Labute approximate surface area is 314 Å². The van der Waals surface area contributed by atoms with E-state index in [0.717, 1.165) is 71.5 Å². The Kier molecular flexibility index (Phi) is 14.3. The van der Waals surface area contributed by atoms with Crippen LogP contribution in [0.15, 0.2) is 48.5 Å². The van der Waals surface area contributed by atoms with Crippen molar-refractivity contribution in [3.05, 3.63) is 81.1 Å². The van der Waals surface area contributed by atoms with Crippen LogP contribution in [0.5, 0.6) is 0 Å². The van der Waals surface area contributed by atoms with Gasteiger partial charge in [0.1, 0.15) is 11.6 Å². The first kappa shape index (κ1) is 39.0. The van der Waals surface area contributed by atoms with Crippen LogP contribution < -0.4 is 31.9 Å². The fourth-order valence-corrected chi connectivity index (χ4v) is 6.77. The molecule has 0 radical (unpaired) electrons. The summed E-state index contributed by atoms with van der Waals surface area (Å²) in [5.41, 5.74) is 17.1. The molecule has 2 aliphatic rings. The highest BCUT2D eigenvalue weighted by Crippen LogP contribution is 2.36. The van der Waals surface area contributed by atoms with E-state index in [1.54, 1.807) is 0 Å². The number of aliphatic hydroxyl groups excluding tert-OH is 2. The first-order chi connectivity index (χ1) is 25.2. The summed E-state index contributed by atoms with van der Waals surface area (Å²) in [4.78, 5) is 21.5. The first-order valence-electron chi connectivity index (χ1n) is 17.4. The summed E-state index contributed by atoms with van der Waals surface area (Å²) in [5.74, 6) is 2.06. The number of nitrogens with two attached hydrogens (primary N) is 2. The molecule has 14 nitrogen and oxygen atoms in total. The van der Waals surface area contributed by atoms with Crippen LogP contribution >= 0.6 is 23.2 Å². The Morgan fingerprint density at radius 2 is 1.12 bits per heavy atom. The zero-order chi connectivity index (χ0) is 37.0. The Hall–Kier alpha value is -4.18.